The maximum atomic E-state index is 4.22. The van der Waals surface area contributed by atoms with Crippen LogP contribution in [-0.2, 0) is 0 Å². The maximum absolute atomic E-state index is 4.22. The van der Waals surface area contributed by atoms with Crippen LogP contribution < -0.4 is 5.43 Å². The van der Waals surface area contributed by atoms with Crippen molar-refractivity contribution in [2.24, 2.45) is 10.3 Å². The summed E-state index contributed by atoms with van der Waals surface area (Å²) in [6.45, 7) is 6.28. The quantitative estimate of drug-likeness (QED) is 0.610. The van der Waals surface area contributed by atoms with Crippen molar-refractivity contribution in [3.63, 3.8) is 0 Å². The second-order valence-electron chi connectivity index (χ2n) is 4.33. The Morgan fingerprint density at radius 2 is 1.56 bits per heavy atom. The van der Waals surface area contributed by atoms with E-state index in [-0.39, 0.29) is 0 Å². The van der Waals surface area contributed by atoms with Gasteiger partial charge in [-0.3, -0.25) is 5.43 Å². The Morgan fingerprint density at radius 1 is 0.833 bits per heavy atom. The number of anilines is 1. The molecule has 2 aromatic carbocycles. The zero-order valence-corrected chi connectivity index (χ0v) is 10.9. The van der Waals surface area contributed by atoms with Crippen LogP contribution in [0.25, 0.3) is 0 Å². The SMILES string of the molecule is Cc1ccc(N=NNc2ccccc2)c(C)c1C. The van der Waals surface area contributed by atoms with Gasteiger partial charge < -0.3 is 0 Å². The summed E-state index contributed by atoms with van der Waals surface area (Å²) in [5, 5.41) is 8.24. The van der Waals surface area contributed by atoms with Crippen molar-refractivity contribution in [3.05, 3.63) is 59.2 Å². The molecule has 0 fully saturated rings. The first-order valence-electron chi connectivity index (χ1n) is 5.97. The van der Waals surface area contributed by atoms with Crippen LogP contribution in [0.15, 0.2) is 52.8 Å². The molecule has 0 amide bonds. The Balaban J connectivity index is 2.13. The molecule has 92 valence electrons. The van der Waals surface area contributed by atoms with Gasteiger partial charge in [-0.05, 0) is 55.7 Å². The molecule has 0 atom stereocenters. The van der Waals surface area contributed by atoms with Gasteiger partial charge in [-0.25, -0.2) is 0 Å². The minimum absolute atomic E-state index is 0.904. The number of benzene rings is 2. The van der Waals surface area contributed by atoms with Crippen molar-refractivity contribution >= 4 is 11.4 Å². The molecule has 0 aliphatic carbocycles. The second kappa shape index (κ2) is 5.45. The van der Waals surface area contributed by atoms with Gasteiger partial charge in [0.15, 0.2) is 0 Å². The van der Waals surface area contributed by atoms with Crippen LogP contribution >= 0.6 is 0 Å². The van der Waals surface area contributed by atoms with E-state index >= 15 is 0 Å². The van der Waals surface area contributed by atoms with E-state index in [0.29, 0.717) is 0 Å². The van der Waals surface area contributed by atoms with Crippen LogP contribution in [0.4, 0.5) is 11.4 Å². The summed E-state index contributed by atoms with van der Waals surface area (Å²) >= 11 is 0. The monoisotopic (exact) mass is 239 g/mol. The Kier molecular flexibility index (Phi) is 3.72. The Hall–Kier alpha value is -2.16. The zero-order valence-electron chi connectivity index (χ0n) is 10.9. The van der Waals surface area contributed by atoms with Crippen LogP contribution in [0.2, 0.25) is 0 Å². The van der Waals surface area contributed by atoms with E-state index in [2.05, 4.69) is 42.6 Å². The van der Waals surface area contributed by atoms with Crippen molar-refractivity contribution in [2.45, 2.75) is 20.8 Å². The molecule has 3 nitrogen and oxygen atoms in total. The summed E-state index contributed by atoms with van der Waals surface area (Å²) in [5.41, 5.74) is 8.47. The van der Waals surface area contributed by atoms with Gasteiger partial charge in [-0.1, -0.05) is 29.5 Å². The first-order valence-corrected chi connectivity index (χ1v) is 5.97. The third-order valence-electron chi connectivity index (χ3n) is 3.14. The van der Waals surface area contributed by atoms with Crippen molar-refractivity contribution in [1.82, 2.24) is 0 Å². The van der Waals surface area contributed by atoms with Gasteiger partial charge in [0.25, 0.3) is 0 Å². The number of nitrogens with one attached hydrogen (secondary N) is 1. The molecule has 0 aliphatic heterocycles. The van der Waals surface area contributed by atoms with Crippen LogP contribution in [0.5, 0.6) is 0 Å². The van der Waals surface area contributed by atoms with Gasteiger partial charge in [0.1, 0.15) is 0 Å². The molecule has 0 heterocycles. The topological polar surface area (TPSA) is 36.8 Å². The molecule has 3 heteroatoms. The molecule has 0 spiro atoms. The summed E-state index contributed by atoms with van der Waals surface area (Å²) in [4.78, 5) is 0. The average molecular weight is 239 g/mol. The molecule has 2 aromatic rings. The molecule has 2 rings (SSSR count). The minimum atomic E-state index is 0.904. The summed E-state index contributed by atoms with van der Waals surface area (Å²) in [6, 6.07) is 13.8. The highest BCUT2D eigenvalue weighted by atomic mass is 15.4. The van der Waals surface area contributed by atoms with Crippen LogP contribution in [0.3, 0.4) is 0 Å². The predicted octanol–water partition coefficient (Wildman–Crippen LogP) is 4.72. The fourth-order valence-corrected chi connectivity index (χ4v) is 1.70. The van der Waals surface area contributed by atoms with Crippen molar-refractivity contribution in [2.75, 3.05) is 5.43 Å². The van der Waals surface area contributed by atoms with E-state index in [1.165, 1.54) is 16.7 Å². The average Bonchev–Trinajstić information content (AvgIpc) is 2.40. The fraction of sp³-hybridized carbons (Fsp3) is 0.200. The fourth-order valence-electron chi connectivity index (χ4n) is 1.70. The summed E-state index contributed by atoms with van der Waals surface area (Å²) < 4.78 is 0. The molecule has 0 radical (unpaired) electrons. The van der Waals surface area contributed by atoms with Gasteiger partial charge in [0.05, 0.1) is 11.4 Å². The van der Waals surface area contributed by atoms with E-state index in [4.69, 9.17) is 0 Å². The highest BCUT2D eigenvalue weighted by Gasteiger charge is 2.02. The number of hydrogen-bond acceptors (Lipinski definition) is 2. The van der Waals surface area contributed by atoms with Crippen molar-refractivity contribution < 1.29 is 0 Å². The van der Waals surface area contributed by atoms with E-state index in [9.17, 15) is 0 Å². The minimum Gasteiger partial charge on any atom is -0.260 e. The first-order chi connectivity index (χ1) is 8.68. The number of nitrogens with zero attached hydrogens (tertiary/aromatic N) is 2. The van der Waals surface area contributed by atoms with E-state index in [1.807, 2.05) is 36.4 Å². The Labute approximate surface area is 108 Å². The highest BCUT2D eigenvalue weighted by molar-refractivity contribution is 5.51. The molecule has 0 bridgehead atoms. The van der Waals surface area contributed by atoms with Gasteiger partial charge in [0.2, 0.25) is 0 Å². The van der Waals surface area contributed by atoms with Crippen molar-refractivity contribution in [1.29, 1.82) is 0 Å². The van der Waals surface area contributed by atoms with E-state index in [1.54, 1.807) is 0 Å². The molecular weight excluding hydrogens is 222 g/mol. The summed E-state index contributed by atoms with van der Waals surface area (Å²) in [5.74, 6) is 0. The Morgan fingerprint density at radius 3 is 2.28 bits per heavy atom. The molecule has 0 saturated heterocycles. The lowest BCUT2D eigenvalue weighted by molar-refractivity contribution is 1.11. The van der Waals surface area contributed by atoms with Crippen LogP contribution in [0.1, 0.15) is 16.7 Å². The molecular formula is C15H17N3. The van der Waals surface area contributed by atoms with Crippen LogP contribution in [-0.4, -0.2) is 0 Å². The first kappa shape index (κ1) is 12.3. The Bertz CT molecular complexity index is 559. The van der Waals surface area contributed by atoms with Gasteiger partial charge in [-0.2, -0.15) is 0 Å². The smallest absolute Gasteiger partial charge is 0.0906 e. The van der Waals surface area contributed by atoms with Crippen LogP contribution in [0, 0.1) is 20.8 Å². The molecule has 1 N–H and O–H groups in total. The number of para-hydroxylation sites is 1. The predicted molar refractivity (Wildman–Crippen MR) is 75.2 cm³/mol. The van der Waals surface area contributed by atoms with E-state index in [0.717, 1.165) is 11.4 Å². The largest absolute Gasteiger partial charge is 0.260 e. The lowest BCUT2D eigenvalue weighted by atomic mass is 10.0. The lowest BCUT2D eigenvalue weighted by Gasteiger charge is -2.06. The number of hydrogen-bond donors (Lipinski definition) is 1. The number of rotatable bonds is 3. The molecule has 0 unspecified atom stereocenters. The normalized spacial score (nSPS) is 10.8. The van der Waals surface area contributed by atoms with E-state index < -0.39 is 0 Å². The van der Waals surface area contributed by atoms with Crippen molar-refractivity contribution in [3.8, 4) is 0 Å². The molecule has 0 aliphatic rings. The van der Waals surface area contributed by atoms with Gasteiger partial charge in [-0.15, -0.1) is 5.11 Å². The summed E-state index contributed by atoms with van der Waals surface area (Å²) in [7, 11) is 0. The maximum Gasteiger partial charge on any atom is 0.0906 e. The van der Waals surface area contributed by atoms with Gasteiger partial charge >= 0.3 is 0 Å². The third kappa shape index (κ3) is 2.74. The lowest BCUT2D eigenvalue weighted by Crippen LogP contribution is -1.88. The molecule has 18 heavy (non-hydrogen) atoms. The number of aryl methyl sites for hydroxylation is 1. The van der Waals surface area contributed by atoms with Gasteiger partial charge in [0, 0.05) is 0 Å². The zero-order chi connectivity index (χ0) is 13.0. The summed E-state index contributed by atoms with van der Waals surface area (Å²) in [6.07, 6.45) is 0. The standard InChI is InChI=1S/C15H17N3/c1-11-9-10-15(13(3)12(11)2)17-18-16-14-7-5-4-6-8-14/h4-10H,1-3H3,(H,16,17). The molecule has 0 saturated carbocycles. The third-order valence-corrected chi connectivity index (χ3v) is 3.14. The molecule has 0 aromatic heterocycles. The second-order valence-corrected chi connectivity index (χ2v) is 4.33. The highest BCUT2D eigenvalue weighted by Crippen LogP contribution is 2.24.